The second kappa shape index (κ2) is 7.74. The lowest BCUT2D eigenvalue weighted by Gasteiger charge is -2.14. The highest BCUT2D eigenvalue weighted by molar-refractivity contribution is 6.01. The second-order valence-electron chi connectivity index (χ2n) is 6.65. The highest BCUT2D eigenvalue weighted by Gasteiger charge is 2.19. The van der Waals surface area contributed by atoms with Crippen molar-refractivity contribution in [2.75, 3.05) is 6.61 Å². The predicted molar refractivity (Wildman–Crippen MR) is 113 cm³/mol. The molecule has 1 aromatic carbocycles. The number of fused-ring (bicyclic) bond motifs is 1. The molecule has 0 saturated heterocycles. The van der Waals surface area contributed by atoms with Crippen LogP contribution in [0.4, 0.5) is 0 Å². The highest BCUT2D eigenvalue weighted by Crippen LogP contribution is 2.37. The van der Waals surface area contributed by atoms with Crippen LogP contribution in [-0.2, 0) is 6.54 Å². The monoisotopic (exact) mass is 370 g/mol. The standard InChI is InChI=1S/C23H22N4O/c1-3-27-23-20(15-25-27)21(18-12-16(2)13-24-14-18)19(10-7-11-28)22(26-23)17-8-5-4-6-9-17/h4-10,12-15,28H,3,11H2,1-2H3/b10-7+. The van der Waals surface area contributed by atoms with E-state index in [0.717, 1.165) is 51.1 Å². The van der Waals surface area contributed by atoms with Gasteiger partial charge >= 0.3 is 0 Å². The Morgan fingerprint density at radius 1 is 1.07 bits per heavy atom. The quantitative estimate of drug-likeness (QED) is 0.562. The van der Waals surface area contributed by atoms with Crippen molar-refractivity contribution in [3.05, 3.63) is 72.2 Å². The average Bonchev–Trinajstić information content (AvgIpc) is 3.14. The molecule has 0 atom stereocenters. The summed E-state index contributed by atoms with van der Waals surface area (Å²) in [4.78, 5) is 9.38. The number of hydrogen-bond acceptors (Lipinski definition) is 4. The maximum absolute atomic E-state index is 9.41. The fraction of sp³-hybridized carbons (Fsp3) is 0.174. The molecule has 0 amide bonds. The third-order valence-corrected chi connectivity index (χ3v) is 4.72. The van der Waals surface area contributed by atoms with Crippen LogP contribution < -0.4 is 0 Å². The van der Waals surface area contributed by atoms with Crippen molar-refractivity contribution >= 4 is 17.1 Å². The van der Waals surface area contributed by atoms with Crippen LogP contribution in [0.1, 0.15) is 18.1 Å². The molecule has 3 heterocycles. The molecule has 5 heteroatoms. The Kier molecular flexibility index (Phi) is 5.00. The fourth-order valence-electron chi connectivity index (χ4n) is 3.49. The van der Waals surface area contributed by atoms with Gasteiger partial charge in [-0.15, -0.1) is 0 Å². The average molecular weight is 370 g/mol. The summed E-state index contributed by atoms with van der Waals surface area (Å²) in [5, 5.41) is 14.9. The van der Waals surface area contributed by atoms with Crippen LogP contribution in [0.5, 0.6) is 0 Å². The molecular formula is C23H22N4O. The summed E-state index contributed by atoms with van der Waals surface area (Å²) in [5.41, 5.74) is 6.82. The summed E-state index contributed by atoms with van der Waals surface area (Å²) in [5.74, 6) is 0. The smallest absolute Gasteiger partial charge is 0.159 e. The van der Waals surface area contributed by atoms with E-state index in [1.54, 1.807) is 6.08 Å². The molecule has 5 nitrogen and oxygen atoms in total. The Labute approximate surface area is 164 Å². The summed E-state index contributed by atoms with van der Waals surface area (Å²) in [6.07, 6.45) is 9.27. The Hall–Kier alpha value is -3.31. The largest absolute Gasteiger partial charge is 0.392 e. The highest BCUT2D eigenvalue weighted by atomic mass is 16.2. The lowest BCUT2D eigenvalue weighted by Crippen LogP contribution is -2.01. The van der Waals surface area contributed by atoms with Gasteiger partial charge in [0.05, 0.1) is 18.5 Å². The molecule has 0 aliphatic rings. The number of aliphatic hydroxyl groups is 1. The van der Waals surface area contributed by atoms with Crippen molar-refractivity contribution in [1.82, 2.24) is 19.7 Å². The van der Waals surface area contributed by atoms with Gasteiger partial charge in [0, 0.05) is 46.6 Å². The molecule has 0 fully saturated rings. The van der Waals surface area contributed by atoms with E-state index >= 15 is 0 Å². The van der Waals surface area contributed by atoms with Crippen molar-refractivity contribution in [2.24, 2.45) is 0 Å². The third kappa shape index (κ3) is 3.21. The summed E-state index contributed by atoms with van der Waals surface area (Å²) < 4.78 is 1.91. The van der Waals surface area contributed by atoms with Gasteiger partial charge in [-0.25, -0.2) is 9.67 Å². The number of hydrogen-bond donors (Lipinski definition) is 1. The van der Waals surface area contributed by atoms with Gasteiger partial charge in [0.2, 0.25) is 0 Å². The van der Waals surface area contributed by atoms with Gasteiger partial charge in [-0.05, 0) is 25.5 Å². The van der Waals surface area contributed by atoms with E-state index in [-0.39, 0.29) is 6.61 Å². The normalized spacial score (nSPS) is 11.5. The van der Waals surface area contributed by atoms with Crippen molar-refractivity contribution in [3.63, 3.8) is 0 Å². The van der Waals surface area contributed by atoms with Crippen LogP contribution in [-0.4, -0.2) is 31.5 Å². The van der Waals surface area contributed by atoms with Gasteiger partial charge in [0.15, 0.2) is 5.65 Å². The van der Waals surface area contributed by atoms with Gasteiger partial charge in [0.25, 0.3) is 0 Å². The van der Waals surface area contributed by atoms with Crippen molar-refractivity contribution in [2.45, 2.75) is 20.4 Å². The van der Waals surface area contributed by atoms with Crippen molar-refractivity contribution in [1.29, 1.82) is 0 Å². The van der Waals surface area contributed by atoms with E-state index in [1.165, 1.54) is 0 Å². The summed E-state index contributed by atoms with van der Waals surface area (Å²) in [7, 11) is 0. The zero-order chi connectivity index (χ0) is 19.5. The minimum absolute atomic E-state index is 0.0357. The molecule has 1 N–H and O–H groups in total. The Bertz CT molecular complexity index is 1150. The van der Waals surface area contributed by atoms with Crippen LogP contribution in [0.15, 0.2) is 61.1 Å². The molecule has 0 bridgehead atoms. The number of nitrogens with zero attached hydrogens (tertiary/aromatic N) is 4. The first-order chi connectivity index (χ1) is 13.7. The molecule has 4 aromatic rings. The van der Waals surface area contributed by atoms with Crippen LogP contribution in [0.25, 0.3) is 39.5 Å². The lowest BCUT2D eigenvalue weighted by molar-refractivity contribution is 0.343. The summed E-state index contributed by atoms with van der Waals surface area (Å²) in [6, 6.07) is 12.2. The maximum Gasteiger partial charge on any atom is 0.159 e. The fourth-order valence-corrected chi connectivity index (χ4v) is 3.49. The zero-order valence-electron chi connectivity index (χ0n) is 16.0. The van der Waals surface area contributed by atoms with Gasteiger partial charge in [-0.1, -0.05) is 42.5 Å². The van der Waals surface area contributed by atoms with Crippen LogP contribution >= 0.6 is 0 Å². The molecule has 3 aromatic heterocycles. The molecule has 4 rings (SSSR count). The minimum Gasteiger partial charge on any atom is -0.392 e. The SMILES string of the molecule is CCn1ncc2c(-c3cncc(C)c3)c(/C=C/CO)c(-c3ccccc3)nc21. The van der Waals surface area contributed by atoms with E-state index < -0.39 is 0 Å². The van der Waals surface area contributed by atoms with Gasteiger partial charge in [0.1, 0.15) is 0 Å². The molecule has 0 saturated carbocycles. The zero-order valence-corrected chi connectivity index (χ0v) is 16.0. The molecule has 0 spiro atoms. The predicted octanol–water partition coefficient (Wildman–Crippen LogP) is 4.49. The van der Waals surface area contributed by atoms with Crippen LogP contribution in [0.2, 0.25) is 0 Å². The number of benzene rings is 1. The molecule has 0 radical (unpaired) electrons. The van der Waals surface area contributed by atoms with Crippen molar-refractivity contribution < 1.29 is 5.11 Å². The van der Waals surface area contributed by atoms with E-state index in [0.29, 0.717) is 0 Å². The number of aromatic nitrogens is 4. The van der Waals surface area contributed by atoms with Crippen molar-refractivity contribution in [3.8, 4) is 22.4 Å². The van der Waals surface area contributed by atoms with Crippen LogP contribution in [0.3, 0.4) is 0 Å². The Balaban J connectivity index is 2.14. The van der Waals surface area contributed by atoms with E-state index in [9.17, 15) is 5.11 Å². The minimum atomic E-state index is -0.0357. The number of aryl methyl sites for hydroxylation is 2. The molecule has 28 heavy (non-hydrogen) atoms. The number of aliphatic hydroxyl groups excluding tert-OH is 1. The molecule has 0 aliphatic carbocycles. The topological polar surface area (TPSA) is 63.8 Å². The first kappa shape index (κ1) is 18.1. The summed E-state index contributed by atoms with van der Waals surface area (Å²) in [6.45, 7) is 4.80. The Morgan fingerprint density at radius 3 is 2.61 bits per heavy atom. The number of pyridine rings is 2. The second-order valence-corrected chi connectivity index (χ2v) is 6.65. The summed E-state index contributed by atoms with van der Waals surface area (Å²) >= 11 is 0. The Morgan fingerprint density at radius 2 is 1.89 bits per heavy atom. The first-order valence-electron chi connectivity index (χ1n) is 9.37. The van der Waals surface area contributed by atoms with Gasteiger partial charge in [-0.3, -0.25) is 4.98 Å². The molecule has 140 valence electrons. The number of rotatable bonds is 5. The molecular weight excluding hydrogens is 348 g/mol. The first-order valence-corrected chi connectivity index (χ1v) is 9.37. The van der Waals surface area contributed by atoms with E-state index in [4.69, 9.17) is 4.98 Å². The third-order valence-electron chi connectivity index (χ3n) is 4.72. The molecule has 0 unspecified atom stereocenters. The maximum atomic E-state index is 9.41. The molecule has 0 aliphatic heterocycles. The van der Waals surface area contributed by atoms with Gasteiger partial charge in [-0.2, -0.15) is 5.10 Å². The van der Waals surface area contributed by atoms with E-state index in [2.05, 4.69) is 35.2 Å². The van der Waals surface area contributed by atoms with E-state index in [1.807, 2.05) is 54.5 Å². The van der Waals surface area contributed by atoms with Crippen LogP contribution in [0, 0.1) is 6.92 Å². The van der Waals surface area contributed by atoms with Gasteiger partial charge < -0.3 is 5.11 Å². The lowest BCUT2D eigenvalue weighted by atomic mass is 9.93.